The van der Waals surface area contributed by atoms with Crippen LogP contribution in [-0.2, 0) is 0 Å². The molecule has 0 amide bonds. The Hall–Kier alpha value is -1.81. The number of carboxylic acid groups (broad SMARTS) is 1. The van der Waals surface area contributed by atoms with E-state index >= 15 is 0 Å². The Bertz CT molecular complexity index is 631. The van der Waals surface area contributed by atoms with Gasteiger partial charge in [0.1, 0.15) is 0 Å². The van der Waals surface area contributed by atoms with Gasteiger partial charge in [0.25, 0.3) is 0 Å². The van der Waals surface area contributed by atoms with Crippen molar-refractivity contribution in [3.63, 3.8) is 0 Å². The quantitative estimate of drug-likeness (QED) is 0.857. The van der Waals surface area contributed by atoms with Crippen molar-refractivity contribution in [3.8, 4) is 0 Å². The summed E-state index contributed by atoms with van der Waals surface area (Å²) in [5.74, 6) is -0.269. The predicted molar refractivity (Wildman–Crippen MR) is 86.9 cm³/mol. The fourth-order valence-corrected chi connectivity index (χ4v) is 2.95. The van der Waals surface area contributed by atoms with E-state index < -0.39 is 5.97 Å². The lowest BCUT2D eigenvalue weighted by Gasteiger charge is -2.37. The molecule has 4 heteroatoms. The summed E-state index contributed by atoms with van der Waals surface area (Å²) in [5, 5.41) is 12.3. The molecule has 0 heterocycles. The molecule has 3 rings (SSSR count). The van der Waals surface area contributed by atoms with Crippen LogP contribution < -0.4 is 5.32 Å². The van der Waals surface area contributed by atoms with Gasteiger partial charge in [-0.05, 0) is 60.7 Å². The van der Waals surface area contributed by atoms with Gasteiger partial charge < -0.3 is 10.4 Å². The van der Waals surface area contributed by atoms with E-state index in [-0.39, 0.29) is 0 Å². The molecule has 0 aromatic heterocycles. The zero-order valence-corrected chi connectivity index (χ0v) is 13.0. The van der Waals surface area contributed by atoms with Crippen molar-refractivity contribution >= 4 is 27.6 Å². The first-order chi connectivity index (χ1) is 10.1. The van der Waals surface area contributed by atoms with Crippen molar-refractivity contribution in [2.75, 3.05) is 5.32 Å². The van der Waals surface area contributed by atoms with Crippen molar-refractivity contribution in [3.05, 3.63) is 64.1 Å². The SMILES string of the molecule is O=C(O)c1ccc(NC2CC(c3ccc(Br)cc3)C2)cc1. The minimum Gasteiger partial charge on any atom is -0.478 e. The van der Waals surface area contributed by atoms with Crippen LogP contribution in [0.25, 0.3) is 0 Å². The van der Waals surface area contributed by atoms with Gasteiger partial charge in [-0.25, -0.2) is 4.79 Å². The molecule has 0 saturated heterocycles. The largest absolute Gasteiger partial charge is 0.478 e. The second kappa shape index (κ2) is 5.90. The number of benzene rings is 2. The smallest absolute Gasteiger partial charge is 0.335 e. The lowest BCUT2D eigenvalue weighted by Crippen LogP contribution is -2.33. The van der Waals surface area contributed by atoms with E-state index in [0.29, 0.717) is 17.5 Å². The third-order valence-electron chi connectivity index (χ3n) is 3.98. The maximum atomic E-state index is 10.8. The topological polar surface area (TPSA) is 49.3 Å². The van der Waals surface area contributed by atoms with Gasteiger partial charge in [0.2, 0.25) is 0 Å². The summed E-state index contributed by atoms with van der Waals surface area (Å²) >= 11 is 3.45. The van der Waals surface area contributed by atoms with E-state index in [1.807, 2.05) is 12.1 Å². The van der Waals surface area contributed by atoms with Crippen LogP contribution in [0, 0.1) is 0 Å². The zero-order valence-electron chi connectivity index (χ0n) is 11.4. The van der Waals surface area contributed by atoms with Gasteiger partial charge in [0.05, 0.1) is 5.56 Å². The van der Waals surface area contributed by atoms with E-state index in [2.05, 4.69) is 45.5 Å². The van der Waals surface area contributed by atoms with Crippen LogP contribution in [0.5, 0.6) is 0 Å². The highest BCUT2D eigenvalue weighted by Gasteiger charge is 2.30. The Labute approximate surface area is 132 Å². The van der Waals surface area contributed by atoms with Crippen molar-refractivity contribution < 1.29 is 9.90 Å². The number of hydrogen-bond acceptors (Lipinski definition) is 2. The summed E-state index contributed by atoms with van der Waals surface area (Å²) in [4.78, 5) is 10.8. The van der Waals surface area contributed by atoms with E-state index in [0.717, 1.165) is 23.0 Å². The van der Waals surface area contributed by atoms with Crippen LogP contribution in [-0.4, -0.2) is 17.1 Å². The summed E-state index contributed by atoms with van der Waals surface area (Å²) in [6, 6.07) is 15.9. The Morgan fingerprint density at radius 3 is 2.24 bits per heavy atom. The monoisotopic (exact) mass is 345 g/mol. The number of anilines is 1. The van der Waals surface area contributed by atoms with Crippen LogP contribution in [0.15, 0.2) is 53.0 Å². The van der Waals surface area contributed by atoms with Gasteiger partial charge in [-0.1, -0.05) is 28.1 Å². The number of halogens is 1. The summed E-state index contributed by atoms with van der Waals surface area (Å²) in [6.07, 6.45) is 2.23. The lowest BCUT2D eigenvalue weighted by atomic mass is 9.76. The highest BCUT2D eigenvalue weighted by atomic mass is 79.9. The van der Waals surface area contributed by atoms with Crippen LogP contribution in [0.2, 0.25) is 0 Å². The minimum atomic E-state index is -0.888. The average Bonchev–Trinajstić information content (AvgIpc) is 2.44. The van der Waals surface area contributed by atoms with E-state index in [9.17, 15) is 4.79 Å². The van der Waals surface area contributed by atoms with Gasteiger partial charge in [-0.3, -0.25) is 0 Å². The van der Waals surface area contributed by atoms with E-state index in [4.69, 9.17) is 5.11 Å². The third kappa shape index (κ3) is 3.27. The fraction of sp³-hybridized carbons (Fsp3) is 0.235. The molecular formula is C17H16BrNO2. The zero-order chi connectivity index (χ0) is 14.8. The molecule has 21 heavy (non-hydrogen) atoms. The summed E-state index contributed by atoms with van der Waals surface area (Å²) < 4.78 is 1.11. The second-order valence-electron chi connectivity index (χ2n) is 5.44. The third-order valence-corrected chi connectivity index (χ3v) is 4.51. The maximum Gasteiger partial charge on any atom is 0.335 e. The molecule has 0 spiro atoms. The van der Waals surface area contributed by atoms with E-state index in [1.54, 1.807) is 12.1 Å². The van der Waals surface area contributed by atoms with Gasteiger partial charge in [-0.15, -0.1) is 0 Å². The fourth-order valence-electron chi connectivity index (χ4n) is 2.69. The Morgan fingerprint density at radius 2 is 1.67 bits per heavy atom. The highest BCUT2D eigenvalue weighted by molar-refractivity contribution is 9.10. The molecule has 0 bridgehead atoms. The summed E-state index contributed by atoms with van der Waals surface area (Å²) in [7, 11) is 0. The van der Waals surface area contributed by atoms with Gasteiger partial charge >= 0.3 is 5.97 Å². The molecule has 0 aliphatic heterocycles. The first-order valence-electron chi connectivity index (χ1n) is 6.97. The molecule has 3 nitrogen and oxygen atoms in total. The van der Waals surface area contributed by atoms with Crippen LogP contribution in [0.3, 0.4) is 0 Å². The molecule has 0 atom stereocenters. The number of carbonyl (C=O) groups is 1. The molecule has 0 unspecified atom stereocenters. The standard InChI is InChI=1S/C17H16BrNO2/c18-14-5-1-11(2-6-14)13-9-16(10-13)19-15-7-3-12(4-8-15)17(20)21/h1-8,13,16,19H,9-10H2,(H,20,21). The number of hydrogen-bond donors (Lipinski definition) is 2. The molecule has 2 N–H and O–H groups in total. The maximum absolute atomic E-state index is 10.8. The normalized spacial score (nSPS) is 20.6. The number of aromatic carboxylic acids is 1. The Balaban J connectivity index is 1.54. The second-order valence-corrected chi connectivity index (χ2v) is 6.36. The summed E-state index contributed by atoms with van der Waals surface area (Å²) in [5.41, 5.74) is 2.69. The van der Waals surface area contributed by atoms with Crippen molar-refractivity contribution in [2.45, 2.75) is 24.8 Å². The molecule has 2 aromatic carbocycles. The van der Waals surface area contributed by atoms with Crippen LogP contribution in [0.4, 0.5) is 5.69 Å². The average molecular weight is 346 g/mol. The molecule has 1 fully saturated rings. The Kier molecular flexibility index (Phi) is 3.97. The molecule has 1 aliphatic carbocycles. The molecule has 108 valence electrons. The molecule has 2 aromatic rings. The van der Waals surface area contributed by atoms with Crippen molar-refractivity contribution in [1.82, 2.24) is 0 Å². The van der Waals surface area contributed by atoms with Gasteiger partial charge in [0.15, 0.2) is 0 Å². The van der Waals surface area contributed by atoms with Crippen molar-refractivity contribution in [1.29, 1.82) is 0 Å². The Morgan fingerprint density at radius 1 is 1.05 bits per heavy atom. The molecule has 1 aliphatic rings. The molecule has 1 saturated carbocycles. The molecular weight excluding hydrogens is 330 g/mol. The van der Waals surface area contributed by atoms with E-state index in [1.165, 1.54) is 5.56 Å². The lowest BCUT2D eigenvalue weighted by molar-refractivity contribution is 0.0697. The first kappa shape index (κ1) is 14.1. The highest BCUT2D eigenvalue weighted by Crippen LogP contribution is 2.38. The predicted octanol–water partition coefficient (Wildman–Crippen LogP) is 4.51. The molecule has 0 radical (unpaired) electrons. The van der Waals surface area contributed by atoms with Crippen molar-refractivity contribution in [2.24, 2.45) is 0 Å². The number of carboxylic acids is 1. The number of rotatable bonds is 4. The minimum absolute atomic E-state index is 0.321. The van der Waals surface area contributed by atoms with Crippen LogP contribution >= 0.6 is 15.9 Å². The number of nitrogens with one attached hydrogen (secondary N) is 1. The first-order valence-corrected chi connectivity index (χ1v) is 7.76. The summed E-state index contributed by atoms with van der Waals surface area (Å²) in [6.45, 7) is 0. The van der Waals surface area contributed by atoms with Gasteiger partial charge in [0, 0.05) is 16.2 Å². The van der Waals surface area contributed by atoms with Crippen LogP contribution in [0.1, 0.15) is 34.7 Å². The van der Waals surface area contributed by atoms with Gasteiger partial charge in [-0.2, -0.15) is 0 Å².